The van der Waals surface area contributed by atoms with Gasteiger partial charge in [-0.1, -0.05) is 6.07 Å². The minimum absolute atomic E-state index is 0.0654. The van der Waals surface area contributed by atoms with Gasteiger partial charge in [-0.3, -0.25) is 14.7 Å². The van der Waals surface area contributed by atoms with Crippen molar-refractivity contribution < 1.29 is 4.42 Å². The zero-order valence-corrected chi connectivity index (χ0v) is 17.2. The maximum atomic E-state index is 13.5. The van der Waals surface area contributed by atoms with Gasteiger partial charge in [-0.15, -0.1) is 0 Å². The molecule has 0 bridgehead atoms. The number of benzene rings is 1. The van der Waals surface area contributed by atoms with Gasteiger partial charge in [0, 0.05) is 24.5 Å². The molecule has 1 aromatic carbocycles. The standard InChI is InChI=1S/C25H25N3O2/c1-27(17-23-8-4-10-30-23)16-22-12-21-11-19-6-2-7-20(19)13-24(21)28(25(22)29)15-18-5-3-9-26-14-18/h3-5,8-14H,2,6-7,15-17H2,1H3. The summed E-state index contributed by atoms with van der Waals surface area (Å²) in [6, 6.07) is 14.4. The molecule has 0 spiro atoms. The Kier molecular flexibility index (Phi) is 4.97. The average Bonchev–Trinajstić information content (AvgIpc) is 3.42. The average molecular weight is 399 g/mol. The molecular formula is C25H25N3O2. The molecule has 30 heavy (non-hydrogen) atoms. The van der Waals surface area contributed by atoms with Crippen molar-refractivity contribution in [2.45, 2.75) is 38.9 Å². The third kappa shape index (κ3) is 3.68. The molecule has 5 heteroatoms. The fourth-order valence-electron chi connectivity index (χ4n) is 4.47. The molecule has 1 aliphatic rings. The number of fused-ring (bicyclic) bond motifs is 2. The molecule has 0 N–H and O–H groups in total. The van der Waals surface area contributed by atoms with Crippen LogP contribution >= 0.6 is 0 Å². The molecule has 0 aliphatic heterocycles. The van der Waals surface area contributed by atoms with Crippen molar-refractivity contribution in [2.75, 3.05) is 7.05 Å². The fraction of sp³-hybridized carbons (Fsp3) is 0.280. The van der Waals surface area contributed by atoms with Crippen molar-refractivity contribution in [1.82, 2.24) is 14.5 Å². The zero-order valence-electron chi connectivity index (χ0n) is 17.2. The first-order chi connectivity index (χ1) is 14.7. The van der Waals surface area contributed by atoms with Gasteiger partial charge in [0.15, 0.2) is 0 Å². The highest BCUT2D eigenvalue weighted by atomic mass is 16.3. The van der Waals surface area contributed by atoms with Gasteiger partial charge in [0.25, 0.3) is 5.56 Å². The van der Waals surface area contributed by atoms with Crippen molar-refractivity contribution in [3.05, 3.63) is 99.5 Å². The second kappa shape index (κ2) is 7.92. The lowest BCUT2D eigenvalue weighted by Gasteiger charge is -2.18. The predicted molar refractivity (Wildman–Crippen MR) is 117 cm³/mol. The third-order valence-electron chi connectivity index (χ3n) is 5.89. The Morgan fingerprint density at radius 3 is 2.73 bits per heavy atom. The molecule has 0 unspecified atom stereocenters. The van der Waals surface area contributed by atoms with E-state index in [4.69, 9.17) is 4.42 Å². The van der Waals surface area contributed by atoms with Crippen LogP contribution in [0.25, 0.3) is 10.9 Å². The van der Waals surface area contributed by atoms with E-state index in [9.17, 15) is 4.79 Å². The molecule has 4 aromatic rings. The molecule has 3 heterocycles. The summed E-state index contributed by atoms with van der Waals surface area (Å²) in [6.45, 7) is 1.76. The first-order valence-electron chi connectivity index (χ1n) is 10.5. The number of nitrogens with zero attached hydrogens (tertiary/aromatic N) is 3. The summed E-state index contributed by atoms with van der Waals surface area (Å²) in [6.07, 6.45) is 8.69. The maximum absolute atomic E-state index is 13.5. The van der Waals surface area contributed by atoms with E-state index in [1.807, 2.05) is 42.1 Å². The van der Waals surface area contributed by atoms with Crippen LogP contribution in [0.1, 0.15) is 34.4 Å². The van der Waals surface area contributed by atoms with Crippen molar-refractivity contribution in [1.29, 1.82) is 0 Å². The summed E-state index contributed by atoms with van der Waals surface area (Å²) in [4.78, 5) is 19.9. The van der Waals surface area contributed by atoms with Crippen LogP contribution in [0.15, 0.2) is 70.3 Å². The van der Waals surface area contributed by atoms with E-state index in [0.717, 1.165) is 40.6 Å². The molecule has 5 rings (SSSR count). The van der Waals surface area contributed by atoms with Crippen molar-refractivity contribution >= 4 is 10.9 Å². The molecule has 1 aliphatic carbocycles. The Morgan fingerprint density at radius 2 is 1.97 bits per heavy atom. The van der Waals surface area contributed by atoms with Crippen molar-refractivity contribution in [3.63, 3.8) is 0 Å². The quantitative estimate of drug-likeness (QED) is 0.489. The highest BCUT2D eigenvalue weighted by Gasteiger charge is 2.17. The van der Waals surface area contributed by atoms with Gasteiger partial charge in [-0.2, -0.15) is 0 Å². The third-order valence-corrected chi connectivity index (χ3v) is 5.89. The highest BCUT2D eigenvalue weighted by molar-refractivity contribution is 5.82. The molecule has 0 atom stereocenters. The minimum Gasteiger partial charge on any atom is -0.468 e. The van der Waals surface area contributed by atoms with Crippen LogP contribution in [-0.2, 0) is 32.5 Å². The molecule has 0 saturated carbocycles. The largest absolute Gasteiger partial charge is 0.468 e. The highest BCUT2D eigenvalue weighted by Crippen LogP contribution is 2.28. The molecular weight excluding hydrogens is 374 g/mol. The second-order valence-corrected chi connectivity index (χ2v) is 8.21. The van der Waals surface area contributed by atoms with Gasteiger partial charge < -0.3 is 8.98 Å². The Bertz CT molecular complexity index is 1230. The zero-order chi connectivity index (χ0) is 20.5. The number of furan rings is 1. The van der Waals surface area contributed by atoms with Crippen LogP contribution in [0, 0.1) is 0 Å². The van der Waals surface area contributed by atoms with Crippen molar-refractivity contribution in [2.24, 2.45) is 0 Å². The molecule has 5 nitrogen and oxygen atoms in total. The molecule has 0 saturated heterocycles. The number of hydrogen-bond acceptors (Lipinski definition) is 4. The lowest BCUT2D eigenvalue weighted by Crippen LogP contribution is -2.29. The lowest BCUT2D eigenvalue weighted by atomic mass is 10.0. The monoisotopic (exact) mass is 399 g/mol. The van der Waals surface area contributed by atoms with E-state index >= 15 is 0 Å². The Morgan fingerprint density at radius 1 is 1.10 bits per heavy atom. The van der Waals surface area contributed by atoms with E-state index in [0.29, 0.717) is 19.6 Å². The topological polar surface area (TPSA) is 51.3 Å². The van der Waals surface area contributed by atoms with Crippen molar-refractivity contribution in [3.8, 4) is 0 Å². The Balaban J connectivity index is 1.57. The van der Waals surface area contributed by atoms with Gasteiger partial charge in [-0.05, 0) is 84.8 Å². The first-order valence-corrected chi connectivity index (χ1v) is 10.5. The van der Waals surface area contributed by atoms with Crippen LogP contribution in [-0.4, -0.2) is 21.5 Å². The molecule has 3 aromatic heterocycles. The smallest absolute Gasteiger partial charge is 0.255 e. The number of aromatic nitrogens is 2. The minimum atomic E-state index is 0.0654. The lowest BCUT2D eigenvalue weighted by molar-refractivity contribution is 0.286. The normalized spacial score (nSPS) is 13.3. The fourth-order valence-corrected chi connectivity index (χ4v) is 4.47. The van der Waals surface area contributed by atoms with Crippen LogP contribution in [0.2, 0.25) is 0 Å². The van der Waals surface area contributed by atoms with Crippen LogP contribution in [0.5, 0.6) is 0 Å². The van der Waals surface area contributed by atoms with Crippen LogP contribution in [0.3, 0.4) is 0 Å². The van der Waals surface area contributed by atoms with Gasteiger partial charge >= 0.3 is 0 Å². The SMILES string of the molecule is CN(Cc1ccco1)Cc1cc2cc3c(cc2n(Cc2cccnc2)c1=O)CCC3. The number of pyridine rings is 2. The van der Waals surface area contributed by atoms with Gasteiger partial charge in [0.2, 0.25) is 0 Å². The van der Waals surface area contributed by atoms with E-state index in [1.54, 1.807) is 12.5 Å². The molecule has 152 valence electrons. The predicted octanol–water partition coefficient (Wildman–Crippen LogP) is 4.16. The summed E-state index contributed by atoms with van der Waals surface area (Å²) < 4.78 is 7.38. The molecule has 0 radical (unpaired) electrons. The van der Waals surface area contributed by atoms with Gasteiger partial charge in [0.05, 0.1) is 24.9 Å². The van der Waals surface area contributed by atoms with E-state index in [1.165, 1.54) is 17.5 Å². The van der Waals surface area contributed by atoms with E-state index in [2.05, 4.69) is 28.1 Å². The first kappa shape index (κ1) is 18.8. The summed E-state index contributed by atoms with van der Waals surface area (Å²) >= 11 is 0. The maximum Gasteiger partial charge on any atom is 0.255 e. The Labute approximate surface area is 175 Å². The number of hydrogen-bond donors (Lipinski definition) is 0. The Hall–Kier alpha value is -3.18. The molecule has 0 amide bonds. The van der Waals surface area contributed by atoms with E-state index < -0.39 is 0 Å². The summed E-state index contributed by atoms with van der Waals surface area (Å²) in [5.74, 6) is 0.895. The van der Waals surface area contributed by atoms with Crippen LogP contribution < -0.4 is 5.56 Å². The second-order valence-electron chi connectivity index (χ2n) is 8.21. The summed E-state index contributed by atoms with van der Waals surface area (Å²) in [5, 5.41) is 1.14. The summed E-state index contributed by atoms with van der Waals surface area (Å²) in [5.41, 5.74) is 5.71. The van der Waals surface area contributed by atoms with Crippen LogP contribution in [0.4, 0.5) is 0 Å². The van der Waals surface area contributed by atoms with Gasteiger partial charge in [0.1, 0.15) is 5.76 Å². The summed E-state index contributed by atoms with van der Waals surface area (Å²) in [7, 11) is 2.01. The number of aryl methyl sites for hydroxylation is 2. The van der Waals surface area contributed by atoms with Gasteiger partial charge in [-0.25, -0.2) is 0 Å². The molecule has 0 fully saturated rings. The number of rotatable bonds is 6. The van der Waals surface area contributed by atoms with E-state index in [-0.39, 0.29) is 5.56 Å².